The highest BCUT2D eigenvalue weighted by Gasteiger charge is 2.19. The molecular formula is C16H18N4O3S. The molecule has 0 aliphatic heterocycles. The number of hydrogen-bond donors (Lipinski definition) is 1. The molecule has 0 fully saturated rings. The van der Waals surface area contributed by atoms with Gasteiger partial charge in [0.1, 0.15) is 0 Å². The second-order valence-electron chi connectivity index (χ2n) is 5.42. The lowest BCUT2D eigenvalue weighted by molar-refractivity contribution is 0.322. The molecule has 0 saturated carbocycles. The minimum absolute atomic E-state index is 0.0101. The summed E-state index contributed by atoms with van der Waals surface area (Å²) in [5.74, 6) is 0.465. The van der Waals surface area contributed by atoms with E-state index in [-0.39, 0.29) is 12.2 Å². The van der Waals surface area contributed by atoms with Crippen LogP contribution in [0.1, 0.15) is 5.56 Å². The smallest absolute Gasteiger partial charge is 0.332 e. The summed E-state index contributed by atoms with van der Waals surface area (Å²) in [5.41, 5.74) is 1.00. The lowest BCUT2D eigenvalue weighted by Crippen LogP contribution is -2.37. The van der Waals surface area contributed by atoms with E-state index in [0.29, 0.717) is 28.6 Å². The predicted octanol–water partition coefficient (Wildman–Crippen LogP) is 0.566. The van der Waals surface area contributed by atoms with Crippen LogP contribution < -0.4 is 11.2 Å². The normalized spacial score (nSPS) is 11.3. The van der Waals surface area contributed by atoms with Crippen LogP contribution in [-0.4, -0.2) is 36.2 Å². The van der Waals surface area contributed by atoms with Crippen molar-refractivity contribution in [2.45, 2.75) is 11.7 Å². The lowest BCUT2D eigenvalue weighted by Gasteiger charge is -2.09. The number of benzene rings is 1. The standard InChI is InChI=1S/C16H18N4O3S/c1-18-13-12(14(22)19(2)16(18)23)20(15(17-13)24-9-8-21)10-11-6-4-3-5-7-11/h3-7,21H,8-10H2,1-2H3. The molecule has 126 valence electrons. The maximum atomic E-state index is 12.6. The van der Waals surface area contributed by atoms with E-state index in [0.717, 1.165) is 10.1 Å². The average Bonchev–Trinajstić information content (AvgIpc) is 2.95. The van der Waals surface area contributed by atoms with Crippen LogP contribution in [0.25, 0.3) is 11.2 Å². The molecule has 7 nitrogen and oxygen atoms in total. The molecule has 2 heterocycles. The zero-order valence-electron chi connectivity index (χ0n) is 13.5. The summed E-state index contributed by atoms with van der Waals surface area (Å²) in [6.07, 6.45) is 0. The topological polar surface area (TPSA) is 82.1 Å². The van der Waals surface area contributed by atoms with Gasteiger partial charge in [0, 0.05) is 19.8 Å². The number of thioether (sulfide) groups is 1. The van der Waals surface area contributed by atoms with Crippen molar-refractivity contribution in [3.8, 4) is 0 Å². The van der Waals surface area contributed by atoms with Gasteiger partial charge in [-0.25, -0.2) is 9.78 Å². The van der Waals surface area contributed by atoms with Crippen molar-refractivity contribution in [3.05, 3.63) is 56.7 Å². The van der Waals surface area contributed by atoms with Crippen molar-refractivity contribution in [1.29, 1.82) is 0 Å². The third kappa shape index (κ3) is 2.78. The molecule has 1 aromatic carbocycles. The third-order valence-electron chi connectivity index (χ3n) is 3.82. The number of imidazole rings is 1. The summed E-state index contributed by atoms with van der Waals surface area (Å²) in [6, 6.07) is 9.74. The fourth-order valence-corrected chi connectivity index (χ4v) is 3.32. The Morgan fingerprint density at radius 3 is 2.50 bits per heavy atom. The zero-order chi connectivity index (χ0) is 17.3. The molecule has 0 radical (unpaired) electrons. The molecule has 0 spiro atoms. The van der Waals surface area contributed by atoms with Gasteiger partial charge in [-0.2, -0.15) is 0 Å². The largest absolute Gasteiger partial charge is 0.396 e. The van der Waals surface area contributed by atoms with Gasteiger partial charge in [-0.15, -0.1) is 0 Å². The second-order valence-corrected chi connectivity index (χ2v) is 6.48. The van der Waals surface area contributed by atoms with E-state index in [1.54, 1.807) is 7.05 Å². The first kappa shape index (κ1) is 16.5. The van der Waals surface area contributed by atoms with Crippen molar-refractivity contribution < 1.29 is 5.11 Å². The molecule has 0 saturated heterocycles. The van der Waals surface area contributed by atoms with Gasteiger partial charge in [0.25, 0.3) is 5.56 Å². The molecule has 3 aromatic rings. The van der Waals surface area contributed by atoms with Crippen molar-refractivity contribution >= 4 is 22.9 Å². The van der Waals surface area contributed by atoms with E-state index >= 15 is 0 Å². The van der Waals surface area contributed by atoms with Gasteiger partial charge < -0.3 is 9.67 Å². The van der Waals surface area contributed by atoms with Crippen LogP contribution in [-0.2, 0) is 20.6 Å². The predicted molar refractivity (Wildman–Crippen MR) is 93.6 cm³/mol. The third-order valence-corrected chi connectivity index (χ3v) is 4.78. The number of aliphatic hydroxyl groups excluding tert-OH is 1. The summed E-state index contributed by atoms with van der Waals surface area (Å²) in [5, 5.41) is 9.71. The first-order valence-corrected chi connectivity index (χ1v) is 8.47. The molecule has 0 amide bonds. The second kappa shape index (κ2) is 6.66. The maximum absolute atomic E-state index is 12.6. The van der Waals surface area contributed by atoms with Gasteiger partial charge in [0.15, 0.2) is 16.3 Å². The number of fused-ring (bicyclic) bond motifs is 1. The molecule has 8 heteroatoms. The van der Waals surface area contributed by atoms with E-state index in [9.17, 15) is 9.59 Å². The van der Waals surface area contributed by atoms with Crippen LogP contribution in [0, 0.1) is 0 Å². The minimum Gasteiger partial charge on any atom is -0.396 e. The Kier molecular flexibility index (Phi) is 4.59. The van der Waals surface area contributed by atoms with E-state index in [2.05, 4.69) is 4.98 Å². The Balaban J connectivity index is 2.27. The number of aromatic nitrogens is 4. The SMILES string of the molecule is Cn1c(=O)c2c(nc(SCCO)n2Cc2ccccc2)n(C)c1=O. The molecule has 0 aliphatic carbocycles. The Hall–Kier alpha value is -2.32. The van der Waals surface area contributed by atoms with Gasteiger partial charge in [0.05, 0.1) is 13.2 Å². The van der Waals surface area contributed by atoms with E-state index in [4.69, 9.17) is 5.11 Å². The van der Waals surface area contributed by atoms with E-state index in [1.807, 2.05) is 34.9 Å². The summed E-state index contributed by atoms with van der Waals surface area (Å²) in [7, 11) is 3.06. The highest BCUT2D eigenvalue weighted by atomic mass is 32.2. The van der Waals surface area contributed by atoms with Crippen molar-refractivity contribution in [2.24, 2.45) is 14.1 Å². The highest BCUT2D eigenvalue weighted by molar-refractivity contribution is 7.99. The summed E-state index contributed by atoms with van der Waals surface area (Å²) in [4.78, 5) is 29.2. The van der Waals surface area contributed by atoms with Crippen LogP contribution in [0.4, 0.5) is 0 Å². The average molecular weight is 346 g/mol. The molecule has 1 N–H and O–H groups in total. The van der Waals surface area contributed by atoms with Crippen LogP contribution in [0.2, 0.25) is 0 Å². The fourth-order valence-electron chi connectivity index (χ4n) is 2.59. The Labute approximate surface area is 142 Å². The maximum Gasteiger partial charge on any atom is 0.332 e. The van der Waals surface area contributed by atoms with E-state index in [1.165, 1.54) is 23.4 Å². The van der Waals surface area contributed by atoms with Gasteiger partial charge in [-0.05, 0) is 5.56 Å². The Morgan fingerprint density at radius 2 is 1.83 bits per heavy atom. The molecular weight excluding hydrogens is 328 g/mol. The van der Waals surface area contributed by atoms with Crippen molar-refractivity contribution in [2.75, 3.05) is 12.4 Å². The molecule has 0 bridgehead atoms. The van der Waals surface area contributed by atoms with Gasteiger partial charge in [-0.1, -0.05) is 42.1 Å². The summed E-state index contributed by atoms with van der Waals surface area (Å²) < 4.78 is 4.28. The number of nitrogens with zero attached hydrogens (tertiary/aromatic N) is 4. The lowest BCUT2D eigenvalue weighted by atomic mass is 10.2. The Bertz CT molecular complexity index is 988. The van der Waals surface area contributed by atoms with Gasteiger partial charge in [0.2, 0.25) is 0 Å². The van der Waals surface area contributed by atoms with Gasteiger partial charge >= 0.3 is 5.69 Å². The first-order chi connectivity index (χ1) is 11.5. The molecule has 3 rings (SSSR count). The van der Waals surface area contributed by atoms with Crippen LogP contribution in [0.15, 0.2) is 45.1 Å². The first-order valence-electron chi connectivity index (χ1n) is 7.48. The van der Waals surface area contributed by atoms with E-state index < -0.39 is 5.69 Å². The van der Waals surface area contributed by atoms with Crippen molar-refractivity contribution in [3.63, 3.8) is 0 Å². The number of rotatable bonds is 5. The molecule has 2 aromatic heterocycles. The van der Waals surface area contributed by atoms with Crippen LogP contribution in [0.5, 0.6) is 0 Å². The quantitative estimate of drug-likeness (QED) is 0.683. The summed E-state index contributed by atoms with van der Waals surface area (Å²) >= 11 is 1.36. The molecule has 0 atom stereocenters. The van der Waals surface area contributed by atoms with Crippen LogP contribution >= 0.6 is 11.8 Å². The summed E-state index contributed by atoms with van der Waals surface area (Å²) in [6.45, 7) is 0.481. The van der Waals surface area contributed by atoms with Crippen LogP contribution in [0.3, 0.4) is 0 Å². The Morgan fingerprint density at radius 1 is 1.12 bits per heavy atom. The number of hydrogen-bond acceptors (Lipinski definition) is 5. The monoisotopic (exact) mass is 346 g/mol. The molecule has 0 unspecified atom stereocenters. The highest BCUT2D eigenvalue weighted by Crippen LogP contribution is 2.22. The fraction of sp³-hybridized carbons (Fsp3) is 0.312. The number of aryl methyl sites for hydroxylation is 1. The number of aliphatic hydroxyl groups is 1. The molecule has 0 aliphatic rings. The minimum atomic E-state index is -0.407. The molecule has 24 heavy (non-hydrogen) atoms. The zero-order valence-corrected chi connectivity index (χ0v) is 14.3. The van der Waals surface area contributed by atoms with Crippen molar-refractivity contribution in [1.82, 2.24) is 18.7 Å². The van der Waals surface area contributed by atoms with Gasteiger partial charge in [-0.3, -0.25) is 13.9 Å².